The first-order chi connectivity index (χ1) is 33.7. The van der Waals surface area contributed by atoms with Gasteiger partial charge in [-0.15, -0.1) is 0 Å². The van der Waals surface area contributed by atoms with Crippen LogP contribution in [0.2, 0.25) is 0 Å². The first-order valence-corrected chi connectivity index (χ1v) is 23.5. The van der Waals surface area contributed by atoms with Crippen LogP contribution in [0.1, 0.15) is 0 Å². The number of para-hydroxylation sites is 4. The first kappa shape index (κ1) is 38.3. The quantitative estimate of drug-likeness (QED) is 0.147. The van der Waals surface area contributed by atoms with E-state index in [4.69, 9.17) is 0 Å². The van der Waals surface area contributed by atoms with Gasteiger partial charge in [-0.3, -0.25) is 0 Å². The number of hydrogen-bond donors (Lipinski definition) is 0. The molecule has 68 heavy (non-hydrogen) atoms. The molecule has 12 aromatic carbocycles. The van der Waals surface area contributed by atoms with E-state index in [0.717, 1.165) is 11.4 Å². The van der Waals surface area contributed by atoms with Gasteiger partial charge in [0.15, 0.2) is 0 Å². The summed E-state index contributed by atoms with van der Waals surface area (Å²) < 4.78 is 4.84. The second kappa shape index (κ2) is 15.3. The van der Waals surface area contributed by atoms with Crippen molar-refractivity contribution in [2.45, 2.75) is 0 Å². The van der Waals surface area contributed by atoms with Crippen LogP contribution in [-0.2, 0) is 0 Å². The fourth-order valence-electron chi connectivity index (χ4n) is 11.3. The average molecular weight is 863 g/mol. The molecule has 2 heteroatoms. The van der Waals surface area contributed by atoms with E-state index in [1.807, 2.05) is 0 Å². The Morgan fingerprint density at radius 1 is 0.206 bits per heavy atom. The van der Waals surface area contributed by atoms with Crippen molar-refractivity contribution < 1.29 is 0 Å². The Bertz CT molecular complexity index is 4080. The van der Waals surface area contributed by atoms with Crippen molar-refractivity contribution in [1.82, 2.24) is 9.13 Å². The van der Waals surface area contributed by atoms with Crippen LogP contribution in [0, 0.1) is 0 Å². The normalized spacial score (nSPS) is 11.8. The van der Waals surface area contributed by atoms with Crippen LogP contribution in [0.15, 0.2) is 255 Å². The highest BCUT2D eigenvalue weighted by molar-refractivity contribution is 6.22. The van der Waals surface area contributed by atoms with Gasteiger partial charge in [0.25, 0.3) is 0 Å². The Balaban J connectivity index is 1.09. The fourth-order valence-corrected chi connectivity index (χ4v) is 11.3. The van der Waals surface area contributed by atoms with E-state index >= 15 is 0 Å². The highest BCUT2D eigenvalue weighted by Crippen LogP contribution is 2.48. The van der Waals surface area contributed by atoms with Crippen molar-refractivity contribution in [3.8, 4) is 55.9 Å². The van der Waals surface area contributed by atoms with Gasteiger partial charge in [-0.2, -0.15) is 0 Å². The van der Waals surface area contributed by atoms with Crippen molar-refractivity contribution >= 4 is 75.9 Å². The first-order valence-electron chi connectivity index (χ1n) is 23.5. The lowest BCUT2D eigenvalue weighted by atomic mass is 9.83. The molecule has 0 aliphatic carbocycles. The molecule has 0 fully saturated rings. The topological polar surface area (TPSA) is 9.86 Å². The predicted octanol–water partition coefficient (Wildman–Crippen LogP) is 18.0. The Hall–Kier alpha value is -8.98. The van der Waals surface area contributed by atoms with Gasteiger partial charge < -0.3 is 9.13 Å². The number of hydrogen-bond acceptors (Lipinski definition) is 0. The molecule has 0 N–H and O–H groups in total. The molecule has 0 aliphatic heterocycles. The van der Waals surface area contributed by atoms with Crippen LogP contribution >= 0.6 is 0 Å². The number of nitrogens with zero attached hydrogens (tertiary/aromatic N) is 2. The summed E-state index contributed by atoms with van der Waals surface area (Å²) in [6.45, 7) is 0. The molecule has 2 heterocycles. The van der Waals surface area contributed by atoms with E-state index in [2.05, 4.69) is 264 Å². The molecule has 2 nitrogen and oxygen atoms in total. The summed E-state index contributed by atoms with van der Waals surface area (Å²) in [4.78, 5) is 0. The van der Waals surface area contributed by atoms with Crippen molar-refractivity contribution in [1.29, 1.82) is 0 Å². The average Bonchev–Trinajstić information content (AvgIpc) is 3.92. The van der Waals surface area contributed by atoms with Crippen LogP contribution in [0.5, 0.6) is 0 Å². The smallest absolute Gasteiger partial charge is 0.0547 e. The molecule has 0 unspecified atom stereocenters. The van der Waals surface area contributed by atoms with E-state index in [1.54, 1.807) is 0 Å². The van der Waals surface area contributed by atoms with Crippen molar-refractivity contribution in [2.24, 2.45) is 0 Å². The molecular formula is C66H42N2. The molecule has 2 aromatic heterocycles. The third-order valence-electron chi connectivity index (χ3n) is 14.3. The minimum atomic E-state index is 1.15. The summed E-state index contributed by atoms with van der Waals surface area (Å²) >= 11 is 0. The zero-order chi connectivity index (χ0) is 44.7. The minimum Gasteiger partial charge on any atom is -0.309 e. The molecule has 0 aliphatic rings. The summed E-state index contributed by atoms with van der Waals surface area (Å²) in [5.41, 5.74) is 16.7. The van der Waals surface area contributed by atoms with E-state index in [0.29, 0.717) is 0 Å². The zero-order valence-corrected chi connectivity index (χ0v) is 37.1. The lowest BCUT2D eigenvalue weighted by molar-refractivity contribution is 1.18. The molecule has 316 valence electrons. The lowest BCUT2D eigenvalue weighted by Gasteiger charge is -2.20. The van der Waals surface area contributed by atoms with Gasteiger partial charge in [0.1, 0.15) is 0 Å². The second-order valence-electron chi connectivity index (χ2n) is 18.0. The summed E-state index contributed by atoms with van der Waals surface area (Å²) in [7, 11) is 0. The van der Waals surface area contributed by atoms with Gasteiger partial charge in [-0.1, -0.05) is 188 Å². The third-order valence-corrected chi connectivity index (χ3v) is 14.3. The van der Waals surface area contributed by atoms with Crippen LogP contribution in [0.25, 0.3) is 132 Å². The Morgan fingerprint density at radius 2 is 0.618 bits per heavy atom. The largest absolute Gasteiger partial charge is 0.309 e. The van der Waals surface area contributed by atoms with Crippen molar-refractivity contribution in [3.63, 3.8) is 0 Å². The number of aromatic nitrogens is 2. The molecule has 0 bridgehead atoms. The van der Waals surface area contributed by atoms with Gasteiger partial charge in [0, 0.05) is 32.9 Å². The van der Waals surface area contributed by atoms with Crippen LogP contribution < -0.4 is 0 Å². The van der Waals surface area contributed by atoms with Crippen molar-refractivity contribution in [3.05, 3.63) is 255 Å². The molecule has 0 radical (unpaired) electrons. The molecule has 0 amide bonds. The summed E-state index contributed by atoms with van der Waals surface area (Å²) in [6.07, 6.45) is 0. The van der Waals surface area contributed by atoms with Gasteiger partial charge in [0.2, 0.25) is 0 Å². The number of benzene rings is 12. The van der Waals surface area contributed by atoms with E-state index < -0.39 is 0 Å². The monoisotopic (exact) mass is 862 g/mol. The number of fused-ring (bicyclic) bond motifs is 9. The van der Waals surface area contributed by atoms with Crippen LogP contribution in [0.3, 0.4) is 0 Å². The van der Waals surface area contributed by atoms with Gasteiger partial charge in [-0.05, 0) is 144 Å². The van der Waals surface area contributed by atoms with Crippen LogP contribution in [-0.4, -0.2) is 9.13 Å². The van der Waals surface area contributed by atoms with Gasteiger partial charge >= 0.3 is 0 Å². The van der Waals surface area contributed by atoms with E-state index in [1.165, 1.54) is 120 Å². The third kappa shape index (κ3) is 5.91. The predicted molar refractivity (Wildman–Crippen MR) is 289 cm³/mol. The standard InChI is InChI=1S/C66H42N2/c1-4-18-43(19-5-1)58-38-44-20-10-11-21-45(44)39-61(58)66-56-30-16-28-50(46-34-36-54-52-26-12-14-32-62(52)67(64(54)40-46)48-22-6-2-7-23-48)59(56)42-60-51(29-17-31-57(60)66)47-35-37-55-53-27-13-15-33-63(53)68(65(55)41-47)49-24-8-3-9-25-49/h1-42H. The Labute approximate surface area is 393 Å². The molecule has 0 atom stereocenters. The van der Waals surface area contributed by atoms with Crippen LogP contribution in [0.4, 0.5) is 0 Å². The molecule has 14 aromatic rings. The molecular weight excluding hydrogens is 821 g/mol. The maximum absolute atomic E-state index is 2.48. The molecule has 0 saturated carbocycles. The fraction of sp³-hybridized carbons (Fsp3) is 0. The number of rotatable bonds is 6. The summed E-state index contributed by atoms with van der Waals surface area (Å²) in [6, 6.07) is 94.1. The Kier molecular flexibility index (Phi) is 8.62. The summed E-state index contributed by atoms with van der Waals surface area (Å²) in [5, 5.41) is 12.3. The zero-order valence-electron chi connectivity index (χ0n) is 37.1. The second-order valence-corrected chi connectivity index (χ2v) is 18.0. The maximum Gasteiger partial charge on any atom is 0.0547 e. The van der Waals surface area contributed by atoms with Gasteiger partial charge in [-0.25, -0.2) is 0 Å². The maximum atomic E-state index is 2.48. The Morgan fingerprint density at radius 3 is 1.13 bits per heavy atom. The molecule has 0 spiro atoms. The molecule has 14 rings (SSSR count). The highest BCUT2D eigenvalue weighted by Gasteiger charge is 2.21. The summed E-state index contributed by atoms with van der Waals surface area (Å²) in [5.74, 6) is 0. The van der Waals surface area contributed by atoms with E-state index in [-0.39, 0.29) is 0 Å². The minimum absolute atomic E-state index is 1.15. The van der Waals surface area contributed by atoms with E-state index in [9.17, 15) is 0 Å². The van der Waals surface area contributed by atoms with Crippen molar-refractivity contribution in [2.75, 3.05) is 0 Å². The lowest BCUT2D eigenvalue weighted by Crippen LogP contribution is -1.95. The SMILES string of the molecule is c1ccc(-c2cc3ccccc3cc2-c2c3cccc(-c4ccc5c6ccccc6n(-c6ccccc6)c5c4)c3cc3c(-c4ccc5c6ccccc6n(-c6ccccc6)c5c4)cccc23)cc1. The molecule has 0 saturated heterocycles. The van der Waals surface area contributed by atoms with Gasteiger partial charge in [0.05, 0.1) is 22.1 Å². The highest BCUT2D eigenvalue weighted by atomic mass is 15.0.